The Morgan fingerprint density at radius 2 is 2.20 bits per heavy atom. The van der Waals surface area contributed by atoms with Crippen LogP contribution >= 0.6 is 15.9 Å². The van der Waals surface area contributed by atoms with Crippen molar-refractivity contribution in [1.29, 1.82) is 0 Å². The molecule has 2 aliphatic rings. The zero-order valence-corrected chi connectivity index (χ0v) is 13.7. The van der Waals surface area contributed by atoms with Gasteiger partial charge in [-0.1, -0.05) is 22.4 Å². The van der Waals surface area contributed by atoms with E-state index in [4.69, 9.17) is 10.5 Å². The Bertz CT molecular complexity index is 476. The monoisotopic (exact) mass is 337 g/mol. The van der Waals surface area contributed by atoms with Crippen molar-refractivity contribution in [1.82, 2.24) is 0 Å². The van der Waals surface area contributed by atoms with Crippen molar-refractivity contribution >= 4 is 15.9 Å². The van der Waals surface area contributed by atoms with E-state index in [1.165, 1.54) is 25.7 Å². The Hall–Kier alpha value is -0.540. The molecule has 0 radical (unpaired) electrons. The molecule has 0 saturated heterocycles. The lowest BCUT2D eigenvalue weighted by Crippen LogP contribution is -2.20. The molecular weight excluding hydrogens is 314 g/mol. The lowest BCUT2D eigenvalue weighted by atomic mass is 9.83. The molecule has 20 heavy (non-hydrogen) atoms. The van der Waals surface area contributed by atoms with E-state index in [0.29, 0.717) is 6.61 Å². The summed E-state index contributed by atoms with van der Waals surface area (Å²) in [6.45, 7) is 2.71. The molecule has 4 atom stereocenters. The summed E-state index contributed by atoms with van der Waals surface area (Å²) in [6, 6.07) is 6.28. The molecular formula is C17H24BrNO. The molecule has 2 nitrogen and oxygen atoms in total. The lowest BCUT2D eigenvalue weighted by molar-refractivity contribution is 0.289. The zero-order chi connectivity index (χ0) is 14.1. The lowest BCUT2D eigenvalue weighted by Gasteiger charge is -2.26. The number of benzene rings is 1. The average molecular weight is 338 g/mol. The smallest absolute Gasteiger partial charge is 0.124 e. The van der Waals surface area contributed by atoms with Crippen LogP contribution in [0.5, 0.6) is 5.75 Å². The third-order valence-corrected chi connectivity index (χ3v) is 5.61. The van der Waals surface area contributed by atoms with Gasteiger partial charge < -0.3 is 10.5 Å². The van der Waals surface area contributed by atoms with E-state index in [1.54, 1.807) is 0 Å². The van der Waals surface area contributed by atoms with Crippen LogP contribution in [0.25, 0.3) is 0 Å². The molecule has 110 valence electrons. The van der Waals surface area contributed by atoms with E-state index in [0.717, 1.165) is 40.0 Å². The largest absolute Gasteiger partial charge is 0.494 e. The van der Waals surface area contributed by atoms with E-state index < -0.39 is 0 Å². The molecule has 4 unspecified atom stereocenters. The molecule has 3 heteroatoms. The standard InChI is InChI=1S/C17H24BrNO/c1-2-20-17-6-5-14(18)10-15(17)16(19)9-13-8-11-3-4-12(13)7-11/h5-6,10-13,16H,2-4,7-9,19H2,1H3. The average Bonchev–Trinajstić information content (AvgIpc) is 3.03. The molecule has 2 aliphatic carbocycles. The molecule has 2 bridgehead atoms. The summed E-state index contributed by atoms with van der Waals surface area (Å²) in [6.07, 6.45) is 6.85. The highest BCUT2D eigenvalue weighted by molar-refractivity contribution is 9.10. The number of fused-ring (bicyclic) bond motifs is 2. The third-order valence-electron chi connectivity index (χ3n) is 5.11. The highest BCUT2D eigenvalue weighted by Gasteiger charge is 2.40. The zero-order valence-electron chi connectivity index (χ0n) is 12.1. The van der Waals surface area contributed by atoms with E-state index in [2.05, 4.69) is 22.0 Å². The predicted octanol–water partition coefficient (Wildman–Crippen LogP) is 4.67. The van der Waals surface area contributed by atoms with Gasteiger partial charge in [0.25, 0.3) is 0 Å². The van der Waals surface area contributed by atoms with Gasteiger partial charge in [-0.3, -0.25) is 0 Å². The first-order valence-electron chi connectivity index (χ1n) is 7.85. The molecule has 0 aliphatic heterocycles. The van der Waals surface area contributed by atoms with Gasteiger partial charge in [-0.2, -0.15) is 0 Å². The van der Waals surface area contributed by atoms with Gasteiger partial charge in [-0.15, -0.1) is 0 Å². The summed E-state index contributed by atoms with van der Waals surface area (Å²) in [5.74, 6) is 3.71. The summed E-state index contributed by atoms with van der Waals surface area (Å²) in [5.41, 5.74) is 7.66. The van der Waals surface area contributed by atoms with Crippen molar-refractivity contribution < 1.29 is 4.74 Å². The highest BCUT2D eigenvalue weighted by atomic mass is 79.9. The Morgan fingerprint density at radius 3 is 2.85 bits per heavy atom. The van der Waals surface area contributed by atoms with Gasteiger partial charge in [-0.25, -0.2) is 0 Å². The van der Waals surface area contributed by atoms with Gasteiger partial charge >= 0.3 is 0 Å². The van der Waals surface area contributed by atoms with Crippen LogP contribution in [0.2, 0.25) is 0 Å². The summed E-state index contributed by atoms with van der Waals surface area (Å²) in [4.78, 5) is 0. The molecule has 1 aromatic rings. The molecule has 1 aromatic carbocycles. The maximum Gasteiger partial charge on any atom is 0.124 e. The van der Waals surface area contributed by atoms with Gasteiger partial charge in [0.2, 0.25) is 0 Å². The number of hydrogen-bond donors (Lipinski definition) is 1. The Kier molecular flexibility index (Phi) is 4.37. The minimum Gasteiger partial charge on any atom is -0.494 e. The van der Waals surface area contributed by atoms with Crippen LogP contribution in [-0.4, -0.2) is 6.61 Å². The number of nitrogens with two attached hydrogens (primary N) is 1. The second kappa shape index (κ2) is 6.07. The quantitative estimate of drug-likeness (QED) is 0.846. The van der Waals surface area contributed by atoms with Gasteiger partial charge in [0.05, 0.1) is 6.61 Å². The molecule has 2 fully saturated rings. The Balaban J connectivity index is 1.72. The van der Waals surface area contributed by atoms with Crippen LogP contribution in [0.1, 0.15) is 50.6 Å². The maximum atomic E-state index is 6.51. The third kappa shape index (κ3) is 2.89. The van der Waals surface area contributed by atoms with E-state index in [-0.39, 0.29) is 6.04 Å². The second-order valence-corrected chi connectivity index (χ2v) is 7.31. The van der Waals surface area contributed by atoms with E-state index in [9.17, 15) is 0 Å². The van der Waals surface area contributed by atoms with Crippen molar-refractivity contribution in [3.05, 3.63) is 28.2 Å². The van der Waals surface area contributed by atoms with Crippen LogP contribution in [0, 0.1) is 17.8 Å². The number of rotatable bonds is 5. The van der Waals surface area contributed by atoms with Crippen LogP contribution in [0.3, 0.4) is 0 Å². The summed E-state index contributed by atoms with van der Waals surface area (Å²) >= 11 is 3.55. The fourth-order valence-corrected chi connectivity index (χ4v) is 4.59. The normalized spacial score (nSPS) is 29.6. The maximum absolute atomic E-state index is 6.51. The molecule has 0 aromatic heterocycles. The molecule has 0 amide bonds. The second-order valence-electron chi connectivity index (χ2n) is 6.39. The SMILES string of the molecule is CCOc1ccc(Br)cc1C(N)CC1CC2CCC1C2. The topological polar surface area (TPSA) is 35.2 Å². The number of ether oxygens (including phenoxy) is 1. The van der Waals surface area contributed by atoms with Gasteiger partial charge in [-0.05, 0) is 68.6 Å². The fourth-order valence-electron chi connectivity index (χ4n) is 4.21. The number of halogens is 1. The molecule has 3 rings (SSSR count). The summed E-state index contributed by atoms with van der Waals surface area (Å²) < 4.78 is 6.82. The first kappa shape index (κ1) is 14.4. The van der Waals surface area contributed by atoms with E-state index >= 15 is 0 Å². The van der Waals surface area contributed by atoms with Crippen molar-refractivity contribution in [2.45, 2.75) is 45.1 Å². The van der Waals surface area contributed by atoms with E-state index in [1.807, 2.05) is 19.1 Å². The van der Waals surface area contributed by atoms with Gasteiger partial charge in [0, 0.05) is 16.1 Å². The fraction of sp³-hybridized carbons (Fsp3) is 0.647. The van der Waals surface area contributed by atoms with Gasteiger partial charge in [0.1, 0.15) is 5.75 Å². The summed E-state index contributed by atoms with van der Waals surface area (Å²) in [7, 11) is 0. The van der Waals surface area contributed by atoms with Gasteiger partial charge in [0.15, 0.2) is 0 Å². The first-order chi connectivity index (χ1) is 9.67. The molecule has 0 heterocycles. The van der Waals surface area contributed by atoms with Crippen molar-refractivity contribution in [3.63, 3.8) is 0 Å². The highest BCUT2D eigenvalue weighted by Crippen LogP contribution is 2.51. The Labute approximate surface area is 130 Å². The van der Waals surface area contributed by atoms with Crippen molar-refractivity contribution in [3.8, 4) is 5.75 Å². The minimum atomic E-state index is 0.0957. The number of hydrogen-bond acceptors (Lipinski definition) is 2. The van der Waals surface area contributed by atoms with Crippen LogP contribution < -0.4 is 10.5 Å². The van der Waals surface area contributed by atoms with Crippen LogP contribution in [0.4, 0.5) is 0 Å². The molecule has 0 spiro atoms. The summed E-state index contributed by atoms with van der Waals surface area (Å²) in [5, 5.41) is 0. The van der Waals surface area contributed by atoms with Crippen molar-refractivity contribution in [2.75, 3.05) is 6.61 Å². The van der Waals surface area contributed by atoms with Crippen molar-refractivity contribution in [2.24, 2.45) is 23.5 Å². The van der Waals surface area contributed by atoms with Crippen LogP contribution in [0.15, 0.2) is 22.7 Å². The Morgan fingerprint density at radius 1 is 1.35 bits per heavy atom. The predicted molar refractivity (Wildman–Crippen MR) is 85.8 cm³/mol. The molecule has 2 saturated carbocycles. The van der Waals surface area contributed by atoms with Crippen LogP contribution in [-0.2, 0) is 0 Å². The molecule has 2 N–H and O–H groups in total. The minimum absolute atomic E-state index is 0.0957. The first-order valence-corrected chi connectivity index (χ1v) is 8.64.